The zero-order valence-electron chi connectivity index (χ0n) is 19.1. The fraction of sp³-hybridized carbons (Fsp3) is 0.280. The second-order valence-electron chi connectivity index (χ2n) is 8.71. The van der Waals surface area contributed by atoms with Gasteiger partial charge in [0.1, 0.15) is 17.6 Å². The summed E-state index contributed by atoms with van der Waals surface area (Å²) >= 11 is 3.53. The van der Waals surface area contributed by atoms with Crippen molar-refractivity contribution in [2.45, 2.75) is 19.5 Å². The fourth-order valence-electron chi connectivity index (χ4n) is 4.85. The molecule has 5 aromatic rings. The zero-order chi connectivity index (χ0) is 23.2. The normalized spacial score (nSPS) is 17.1. The third kappa shape index (κ3) is 3.74. The molecule has 1 aromatic carbocycles. The summed E-state index contributed by atoms with van der Waals surface area (Å²) in [7, 11) is 1.72. The van der Waals surface area contributed by atoms with Gasteiger partial charge in [-0.05, 0) is 47.5 Å². The Labute approximate surface area is 205 Å². The summed E-state index contributed by atoms with van der Waals surface area (Å²) in [6.45, 7) is 5.81. The number of piperazine rings is 1. The lowest BCUT2D eigenvalue weighted by molar-refractivity contribution is 0.192. The Balaban J connectivity index is 1.40. The van der Waals surface area contributed by atoms with E-state index in [0.717, 1.165) is 58.3 Å². The number of hydrogen-bond donors (Lipinski definition) is 2. The van der Waals surface area contributed by atoms with E-state index >= 15 is 0 Å². The summed E-state index contributed by atoms with van der Waals surface area (Å²) in [6.07, 6.45) is 1.54. The molecule has 7 nitrogen and oxygen atoms in total. The average molecular weight is 491 g/mol. The zero-order valence-corrected chi connectivity index (χ0v) is 20.7. The first-order valence-electron chi connectivity index (χ1n) is 11.3. The third-order valence-electron chi connectivity index (χ3n) is 6.40. The molecule has 0 radical (unpaired) electrons. The quantitative estimate of drug-likeness (QED) is 0.371. The van der Waals surface area contributed by atoms with Crippen LogP contribution in [0.5, 0.6) is 5.75 Å². The van der Waals surface area contributed by atoms with Crippen molar-refractivity contribution in [1.82, 2.24) is 24.8 Å². The summed E-state index contributed by atoms with van der Waals surface area (Å²) in [5, 5.41) is 11.6. The molecule has 0 saturated carbocycles. The first-order valence-corrected chi connectivity index (χ1v) is 13.0. The fourth-order valence-corrected chi connectivity index (χ4v) is 6.79. The second-order valence-corrected chi connectivity index (χ2v) is 10.7. The van der Waals surface area contributed by atoms with E-state index in [0.29, 0.717) is 11.9 Å². The molecule has 3 N–H and O–H groups in total. The van der Waals surface area contributed by atoms with Crippen LogP contribution >= 0.6 is 22.7 Å². The Morgan fingerprint density at radius 2 is 2.18 bits per heavy atom. The molecule has 5 heterocycles. The van der Waals surface area contributed by atoms with Gasteiger partial charge in [-0.3, -0.25) is 4.90 Å². The molecule has 1 aliphatic heterocycles. The second kappa shape index (κ2) is 8.66. The van der Waals surface area contributed by atoms with Gasteiger partial charge in [-0.1, -0.05) is 12.1 Å². The average Bonchev–Trinajstić information content (AvgIpc) is 3.58. The van der Waals surface area contributed by atoms with Crippen LogP contribution in [0.15, 0.2) is 48.1 Å². The summed E-state index contributed by atoms with van der Waals surface area (Å²) in [6, 6.07) is 13.4. The predicted molar refractivity (Wildman–Crippen MR) is 140 cm³/mol. The number of rotatable bonds is 5. The molecule has 174 valence electrons. The molecule has 0 amide bonds. The molecule has 34 heavy (non-hydrogen) atoms. The molecular weight excluding hydrogens is 464 g/mol. The third-order valence-corrected chi connectivity index (χ3v) is 8.58. The molecule has 1 saturated heterocycles. The van der Waals surface area contributed by atoms with E-state index < -0.39 is 0 Å². The number of methoxy groups -OCH3 is 1. The maximum absolute atomic E-state index is 6.39. The number of nitrogens with zero attached hydrogens (tertiary/aromatic N) is 4. The van der Waals surface area contributed by atoms with Crippen molar-refractivity contribution in [2.24, 2.45) is 0 Å². The molecule has 0 aliphatic carbocycles. The number of fused-ring (bicyclic) bond motifs is 2. The molecule has 6 rings (SSSR count). The van der Waals surface area contributed by atoms with Crippen LogP contribution in [0.25, 0.3) is 26.0 Å². The highest BCUT2D eigenvalue weighted by Gasteiger charge is 2.24. The van der Waals surface area contributed by atoms with E-state index in [9.17, 15) is 0 Å². The SMILES string of the molecule is COc1cc(C)cc2cc(-c3cc(CN4CCNC(c5cccs5)C4)n4ncnc(N)c34)sc12. The van der Waals surface area contributed by atoms with Gasteiger partial charge in [0.15, 0.2) is 5.82 Å². The monoisotopic (exact) mass is 490 g/mol. The van der Waals surface area contributed by atoms with Crippen LogP contribution in [-0.4, -0.2) is 46.2 Å². The maximum Gasteiger partial charge on any atom is 0.152 e. The summed E-state index contributed by atoms with van der Waals surface area (Å²) in [4.78, 5) is 9.31. The van der Waals surface area contributed by atoms with E-state index in [1.807, 2.05) is 15.9 Å². The number of hydrogen-bond acceptors (Lipinski definition) is 8. The first kappa shape index (κ1) is 21.5. The van der Waals surface area contributed by atoms with E-state index in [1.165, 1.54) is 15.8 Å². The van der Waals surface area contributed by atoms with Gasteiger partial charge in [0.05, 0.1) is 23.5 Å². The van der Waals surface area contributed by atoms with Crippen LogP contribution in [0.2, 0.25) is 0 Å². The topological polar surface area (TPSA) is 80.7 Å². The minimum absolute atomic E-state index is 0.359. The lowest BCUT2D eigenvalue weighted by Crippen LogP contribution is -2.45. The van der Waals surface area contributed by atoms with Gasteiger partial charge in [0.2, 0.25) is 0 Å². The van der Waals surface area contributed by atoms with Crippen molar-refractivity contribution in [3.63, 3.8) is 0 Å². The molecular formula is C25H26N6OS2. The van der Waals surface area contributed by atoms with Gasteiger partial charge < -0.3 is 15.8 Å². The Bertz CT molecular complexity index is 1470. The minimum atomic E-state index is 0.359. The highest BCUT2D eigenvalue weighted by atomic mass is 32.1. The van der Waals surface area contributed by atoms with Crippen LogP contribution in [0, 0.1) is 6.92 Å². The number of nitrogens with two attached hydrogens (primary N) is 1. The molecule has 0 bridgehead atoms. The number of nitrogens with one attached hydrogen (secondary N) is 1. The number of nitrogen functional groups attached to an aromatic ring is 1. The van der Waals surface area contributed by atoms with Crippen molar-refractivity contribution in [3.8, 4) is 16.2 Å². The smallest absolute Gasteiger partial charge is 0.152 e. The van der Waals surface area contributed by atoms with Gasteiger partial charge in [0, 0.05) is 41.5 Å². The highest BCUT2D eigenvalue weighted by Crippen LogP contribution is 2.42. The van der Waals surface area contributed by atoms with Gasteiger partial charge in [-0.25, -0.2) is 9.50 Å². The number of aromatic nitrogens is 3. The number of benzene rings is 1. The number of aryl methyl sites for hydroxylation is 1. The Kier molecular flexibility index (Phi) is 5.49. The highest BCUT2D eigenvalue weighted by molar-refractivity contribution is 7.22. The van der Waals surface area contributed by atoms with Crippen LogP contribution in [0.4, 0.5) is 5.82 Å². The number of thiophene rings is 2. The maximum atomic E-state index is 6.39. The Morgan fingerprint density at radius 1 is 1.26 bits per heavy atom. The first-order chi connectivity index (χ1) is 16.6. The van der Waals surface area contributed by atoms with Crippen LogP contribution < -0.4 is 15.8 Å². The van der Waals surface area contributed by atoms with Crippen molar-refractivity contribution < 1.29 is 4.74 Å². The predicted octanol–water partition coefficient (Wildman–Crippen LogP) is 4.72. The van der Waals surface area contributed by atoms with Gasteiger partial charge in [-0.2, -0.15) is 5.10 Å². The van der Waals surface area contributed by atoms with Crippen LogP contribution in [-0.2, 0) is 6.54 Å². The van der Waals surface area contributed by atoms with E-state index in [1.54, 1.807) is 24.8 Å². The molecule has 0 spiro atoms. The Hall–Kier alpha value is -2.98. The summed E-state index contributed by atoms with van der Waals surface area (Å²) in [5.74, 6) is 1.40. The van der Waals surface area contributed by atoms with Crippen LogP contribution in [0.3, 0.4) is 0 Å². The van der Waals surface area contributed by atoms with Crippen molar-refractivity contribution >= 4 is 44.1 Å². The van der Waals surface area contributed by atoms with Gasteiger partial charge >= 0.3 is 0 Å². The van der Waals surface area contributed by atoms with Crippen LogP contribution in [0.1, 0.15) is 22.2 Å². The molecule has 1 aliphatic rings. The van der Waals surface area contributed by atoms with E-state index in [4.69, 9.17) is 10.5 Å². The molecule has 4 aromatic heterocycles. The van der Waals surface area contributed by atoms with Gasteiger partial charge in [0.25, 0.3) is 0 Å². The molecule has 9 heteroatoms. The lowest BCUT2D eigenvalue weighted by Gasteiger charge is -2.33. The lowest BCUT2D eigenvalue weighted by atomic mass is 10.1. The van der Waals surface area contributed by atoms with Gasteiger partial charge in [-0.15, -0.1) is 22.7 Å². The summed E-state index contributed by atoms with van der Waals surface area (Å²) < 4.78 is 8.76. The molecule has 1 fully saturated rings. The van der Waals surface area contributed by atoms with E-state index in [-0.39, 0.29) is 0 Å². The van der Waals surface area contributed by atoms with Crippen molar-refractivity contribution in [2.75, 3.05) is 32.5 Å². The Morgan fingerprint density at radius 3 is 3.00 bits per heavy atom. The van der Waals surface area contributed by atoms with E-state index in [2.05, 4.69) is 69.0 Å². The molecule has 1 unspecified atom stereocenters. The summed E-state index contributed by atoms with van der Waals surface area (Å²) in [5.41, 5.74) is 10.6. The largest absolute Gasteiger partial charge is 0.495 e. The minimum Gasteiger partial charge on any atom is -0.495 e. The van der Waals surface area contributed by atoms with Crippen molar-refractivity contribution in [3.05, 3.63) is 64.2 Å². The van der Waals surface area contributed by atoms with Crippen molar-refractivity contribution in [1.29, 1.82) is 0 Å². The number of ether oxygens (including phenoxy) is 1. The number of anilines is 1. The standard InChI is InChI=1S/C25H26N6OS2/c1-15-8-16-10-22(34-24(16)20(9-15)32-2)18-11-17(31-23(18)25(26)28-14-29-31)12-30-6-5-27-19(13-30)21-4-3-7-33-21/h3-4,7-11,14,19,27H,5-6,12-13H2,1-2H3,(H2,26,28,29). The molecule has 1 atom stereocenters.